The van der Waals surface area contributed by atoms with Crippen LogP contribution in [-0.2, 0) is 10.0 Å². The van der Waals surface area contributed by atoms with E-state index in [1.54, 1.807) is 32.2 Å². The van der Waals surface area contributed by atoms with Gasteiger partial charge in [0, 0.05) is 11.6 Å². The summed E-state index contributed by atoms with van der Waals surface area (Å²) in [7, 11) is -3.77. The summed E-state index contributed by atoms with van der Waals surface area (Å²) in [5.74, 6) is 0.263. The van der Waals surface area contributed by atoms with Crippen LogP contribution in [0.5, 0.6) is 0 Å². The largest absolute Gasteiger partial charge is 0.360 e. The molecule has 0 unspecified atom stereocenters. The summed E-state index contributed by atoms with van der Waals surface area (Å²) < 4.78 is 32.8. The highest BCUT2D eigenvalue weighted by molar-refractivity contribution is 7.92. The molecule has 0 fully saturated rings. The molecule has 3 rings (SSSR count). The minimum Gasteiger partial charge on any atom is -0.360 e. The van der Waals surface area contributed by atoms with Gasteiger partial charge in [-0.1, -0.05) is 11.2 Å². The Morgan fingerprint density at radius 2 is 1.91 bits per heavy atom. The summed E-state index contributed by atoms with van der Waals surface area (Å²) in [6, 6.07) is 7.17. The Morgan fingerprint density at radius 1 is 1.14 bits per heavy atom. The van der Waals surface area contributed by atoms with Crippen LogP contribution in [0.2, 0.25) is 0 Å². The van der Waals surface area contributed by atoms with E-state index in [0.29, 0.717) is 11.4 Å². The smallest absolute Gasteiger partial charge is 0.267 e. The number of hydrogen-bond acceptors (Lipinski definition) is 5. The number of rotatable bonds is 3. The lowest BCUT2D eigenvalue weighted by atomic mass is 10.1. The predicted octanol–water partition coefficient (Wildman–Crippen LogP) is 2.95. The molecule has 0 bridgehead atoms. The third kappa shape index (κ3) is 2.33. The zero-order valence-corrected chi connectivity index (χ0v) is 13.2. The summed E-state index contributed by atoms with van der Waals surface area (Å²) >= 11 is 0. The van der Waals surface area contributed by atoms with Crippen molar-refractivity contribution in [2.45, 2.75) is 25.7 Å². The molecule has 7 heteroatoms. The van der Waals surface area contributed by atoms with Crippen LogP contribution in [0.4, 0.5) is 5.69 Å². The molecule has 114 valence electrons. The number of nitrogens with zero attached hydrogens (tertiary/aromatic N) is 2. The number of nitrogens with one attached hydrogen (secondary N) is 1. The van der Waals surface area contributed by atoms with Crippen LogP contribution in [0.15, 0.2) is 39.9 Å². The predicted molar refractivity (Wildman–Crippen MR) is 83.3 cm³/mol. The van der Waals surface area contributed by atoms with Crippen molar-refractivity contribution in [2.24, 2.45) is 0 Å². The van der Waals surface area contributed by atoms with Crippen LogP contribution in [0.25, 0.3) is 10.9 Å². The fraction of sp³-hybridized carbons (Fsp3) is 0.200. The quantitative estimate of drug-likeness (QED) is 0.802. The summed E-state index contributed by atoms with van der Waals surface area (Å²) in [5.41, 5.74) is 2.56. The normalized spacial score (nSPS) is 11.8. The lowest BCUT2D eigenvalue weighted by molar-refractivity contribution is 0.390. The van der Waals surface area contributed by atoms with Gasteiger partial charge in [0.05, 0.1) is 11.2 Å². The lowest BCUT2D eigenvalue weighted by Gasteiger charge is -2.11. The van der Waals surface area contributed by atoms with Gasteiger partial charge in [-0.15, -0.1) is 0 Å². The van der Waals surface area contributed by atoms with Gasteiger partial charge in [-0.05, 0) is 44.5 Å². The third-order valence-corrected chi connectivity index (χ3v) is 5.06. The van der Waals surface area contributed by atoms with Crippen molar-refractivity contribution in [2.75, 3.05) is 4.72 Å². The molecule has 0 aliphatic heterocycles. The maximum Gasteiger partial charge on any atom is 0.267 e. The van der Waals surface area contributed by atoms with Crippen LogP contribution < -0.4 is 4.72 Å². The number of fused-ring (bicyclic) bond motifs is 1. The van der Waals surface area contributed by atoms with Gasteiger partial charge in [-0.3, -0.25) is 9.71 Å². The second-order valence-corrected chi connectivity index (χ2v) is 6.71. The van der Waals surface area contributed by atoms with E-state index < -0.39 is 10.0 Å². The van der Waals surface area contributed by atoms with Gasteiger partial charge in [-0.25, -0.2) is 8.42 Å². The average molecular weight is 317 g/mol. The minimum atomic E-state index is -3.77. The highest BCUT2D eigenvalue weighted by atomic mass is 32.2. The number of aryl methyl sites for hydroxylation is 3. The Kier molecular flexibility index (Phi) is 3.37. The SMILES string of the molecule is Cc1noc(C)c1S(=O)(=O)Nc1ccc(C)c2ncccc12. The Morgan fingerprint density at radius 3 is 2.59 bits per heavy atom. The van der Waals surface area contributed by atoms with Crippen molar-refractivity contribution in [3.8, 4) is 0 Å². The molecule has 6 nitrogen and oxygen atoms in total. The molecule has 0 aliphatic rings. The Balaban J connectivity index is 2.13. The number of aromatic nitrogens is 2. The second-order valence-electron chi connectivity index (χ2n) is 5.09. The maximum absolute atomic E-state index is 12.6. The Hall–Kier alpha value is -2.41. The van der Waals surface area contributed by atoms with Crippen molar-refractivity contribution in [3.63, 3.8) is 0 Å². The second kappa shape index (κ2) is 5.10. The van der Waals surface area contributed by atoms with E-state index in [9.17, 15) is 8.42 Å². The van der Waals surface area contributed by atoms with Gasteiger partial charge >= 0.3 is 0 Å². The van der Waals surface area contributed by atoms with Crippen molar-refractivity contribution in [3.05, 3.63) is 47.5 Å². The standard InChI is InChI=1S/C15H15N3O3S/c1-9-6-7-13(12-5-4-8-16-14(9)12)18-22(19,20)15-10(2)17-21-11(15)3/h4-8,18H,1-3H3. The van der Waals surface area contributed by atoms with Crippen molar-refractivity contribution in [1.29, 1.82) is 0 Å². The Labute approximate surface area is 128 Å². The molecule has 0 amide bonds. The van der Waals surface area contributed by atoms with E-state index in [0.717, 1.165) is 16.5 Å². The summed E-state index contributed by atoms with van der Waals surface area (Å²) in [5, 5.41) is 4.44. The van der Waals surface area contributed by atoms with E-state index in [4.69, 9.17) is 4.52 Å². The molecule has 0 radical (unpaired) electrons. The number of pyridine rings is 1. The molecular weight excluding hydrogens is 302 g/mol. The van der Waals surface area contributed by atoms with Crippen molar-refractivity contribution in [1.82, 2.24) is 10.1 Å². The number of anilines is 1. The van der Waals surface area contributed by atoms with Gasteiger partial charge < -0.3 is 4.52 Å². The highest BCUT2D eigenvalue weighted by Gasteiger charge is 2.24. The first-order valence-electron chi connectivity index (χ1n) is 6.70. The van der Waals surface area contributed by atoms with Gasteiger partial charge in [0.15, 0.2) is 10.7 Å². The van der Waals surface area contributed by atoms with E-state index in [1.165, 1.54) is 0 Å². The van der Waals surface area contributed by atoms with Crippen LogP contribution in [0, 0.1) is 20.8 Å². The number of sulfonamides is 1. The molecule has 3 aromatic rings. The van der Waals surface area contributed by atoms with E-state index in [-0.39, 0.29) is 10.7 Å². The molecule has 2 aromatic heterocycles. The molecule has 0 saturated heterocycles. The number of hydrogen-bond donors (Lipinski definition) is 1. The van der Waals surface area contributed by atoms with Gasteiger partial charge in [0.25, 0.3) is 10.0 Å². The summed E-state index contributed by atoms with van der Waals surface area (Å²) in [4.78, 5) is 4.38. The minimum absolute atomic E-state index is 0.0742. The topological polar surface area (TPSA) is 85.1 Å². The first-order chi connectivity index (χ1) is 10.4. The first kappa shape index (κ1) is 14.5. The van der Waals surface area contributed by atoms with E-state index >= 15 is 0 Å². The van der Waals surface area contributed by atoms with E-state index in [2.05, 4.69) is 14.9 Å². The third-order valence-electron chi connectivity index (χ3n) is 3.45. The summed E-state index contributed by atoms with van der Waals surface area (Å²) in [6.45, 7) is 5.10. The van der Waals surface area contributed by atoms with Crippen molar-refractivity contribution >= 4 is 26.6 Å². The molecule has 0 atom stereocenters. The Bertz CT molecular complexity index is 942. The zero-order valence-electron chi connectivity index (χ0n) is 12.4. The molecule has 1 aromatic carbocycles. The average Bonchev–Trinajstić information content (AvgIpc) is 2.82. The monoisotopic (exact) mass is 317 g/mol. The van der Waals surface area contributed by atoms with E-state index in [1.807, 2.05) is 19.1 Å². The first-order valence-corrected chi connectivity index (χ1v) is 8.18. The zero-order chi connectivity index (χ0) is 15.9. The van der Waals surface area contributed by atoms with Gasteiger partial charge in [0.2, 0.25) is 0 Å². The summed E-state index contributed by atoms with van der Waals surface area (Å²) in [6.07, 6.45) is 1.68. The van der Waals surface area contributed by atoms with Crippen LogP contribution in [0.1, 0.15) is 17.0 Å². The van der Waals surface area contributed by atoms with Crippen LogP contribution >= 0.6 is 0 Å². The molecular formula is C15H15N3O3S. The molecule has 1 N–H and O–H groups in total. The lowest BCUT2D eigenvalue weighted by Crippen LogP contribution is -2.14. The van der Waals surface area contributed by atoms with Crippen molar-refractivity contribution < 1.29 is 12.9 Å². The maximum atomic E-state index is 12.6. The van der Waals surface area contributed by atoms with Gasteiger partial charge in [0.1, 0.15) is 5.69 Å². The molecule has 0 aliphatic carbocycles. The fourth-order valence-electron chi connectivity index (χ4n) is 2.46. The molecule has 0 spiro atoms. The molecule has 22 heavy (non-hydrogen) atoms. The fourth-order valence-corrected chi connectivity index (χ4v) is 3.87. The van der Waals surface area contributed by atoms with Crippen LogP contribution in [0.3, 0.4) is 0 Å². The van der Waals surface area contributed by atoms with Crippen LogP contribution in [-0.4, -0.2) is 18.6 Å². The van der Waals surface area contributed by atoms with Gasteiger partial charge in [-0.2, -0.15) is 0 Å². The number of benzene rings is 1. The molecule has 2 heterocycles. The highest BCUT2D eigenvalue weighted by Crippen LogP contribution is 2.28. The molecule has 0 saturated carbocycles.